The van der Waals surface area contributed by atoms with E-state index in [1.165, 1.54) is 0 Å². The predicted octanol–water partition coefficient (Wildman–Crippen LogP) is 0.734. The molecule has 0 amide bonds. The second-order valence-electron chi connectivity index (χ2n) is 1.89. The van der Waals surface area contributed by atoms with Gasteiger partial charge < -0.3 is 5.11 Å². The Hall–Kier alpha value is -1.41. The van der Waals surface area contributed by atoms with Gasteiger partial charge in [-0.15, -0.1) is 6.42 Å². The molecule has 0 aliphatic rings. The van der Waals surface area contributed by atoms with Crippen molar-refractivity contribution in [1.29, 1.82) is 0 Å². The molecule has 0 aromatic carbocycles. The third-order valence-electron chi connectivity index (χ3n) is 0.990. The highest BCUT2D eigenvalue weighted by Crippen LogP contribution is 1.98. The lowest BCUT2D eigenvalue weighted by molar-refractivity contribution is -0.140. The van der Waals surface area contributed by atoms with Gasteiger partial charge in [0.15, 0.2) is 0 Å². The monoisotopic (exact) mass is 136 g/mol. The van der Waals surface area contributed by atoms with E-state index in [2.05, 4.69) is 17.8 Å². The predicted molar refractivity (Wildman–Crippen MR) is 38.0 cm³/mol. The number of aliphatic carboxylic acids is 1. The van der Waals surface area contributed by atoms with E-state index in [9.17, 15) is 4.79 Å². The Balaban J connectivity index is 3.72. The summed E-state index contributed by atoms with van der Waals surface area (Å²) in [7, 11) is 0. The van der Waals surface area contributed by atoms with Crippen molar-refractivity contribution in [2.24, 2.45) is 5.92 Å². The summed E-state index contributed by atoms with van der Waals surface area (Å²) < 4.78 is 0. The number of hydrogen-bond donors (Lipinski definition) is 1. The standard InChI is InChI=1S/C8H8O2/c1-3-4-5-6-7(2)8(9)10/h1,7H,6H2,2H3,(H,9,10)/t7-/m0/s1. The van der Waals surface area contributed by atoms with E-state index in [-0.39, 0.29) is 0 Å². The molecule has 0 saturated carbocycles. The molecular formula is C8H8O2. The van der Waals surface area contributed by atoms with Crippen LogP contribution in [0.5, 0.6) is 0 Å². The van der Waals surface area contributed by atoms with E-state index < -0.39 is 11.9 Å². The zero-order chi connectivity index (χ0) is 7.98. The Labute approximate surface area is 60.2 Å². The SMILES string of the molecule is C#CC#CC[C@H](C)C(=O)O. The number of carboxylic acids is 1. The minimum atomic E-state index is -0.841. The summed E-state index contributed by atoms with van der Waals surface area (Å²) in [5.41, 5.74) is 0. The summed E-state index contributed by atoms with van der Waals surface area (Å²) in [4.78, 5) is 10.2. The van der Waals surface area contributed by atoms with Crippen LogP contribution in [-0.4, -0.2) is 11.1 Å². The van der Waals surface area contributed by atoms with Crippen LogP contribution in [0.4, 0.5) is 0 Å². The van der Waals surface area contributed by atoms with Gasteiger partial charge in [-0.25, -0.2) is 0 Å². The third kappa shape index (κ3) is 3.57. The second kappa shape index (κ2) is 4.47. The summed E-state index contributed by atoms with van der Waals surface area (Å²) in [6, 6.07) is 0. The lowest BCUT2D eigenvalue weighted by atomic mass is 10.1. The smallest absolute Gasteiger partial charge is 0.307 e. The van der Waals surface area contributed by atoms with Crippen molar-refractivity contribution < 1.29 is 9.90 Å². The largest absolute Gasteiger partial charge is 0.481 e. The van der Waals surface area contributed by atoms with Gasteiger partial charge in [-0.2, -0.15) is 0 Å². The van der Waals surface area contributed by atoms with Crippen LogP contribution in [0.25, 0.3) is 0 Å². The van der Waals surface area contributed by atoms with Crippen LogP contribution < -0.4 is 0 Å². The number of hydrogen-bond acceptors (Lipinski definition) is 1. The van der Waals surface area contributed by atoms with Crippen molar-refractivity contribution >= 4 is 5.97 Å². The van der Waals surface area contributed by atoms with E-state index in [0.717, 1.165) is 0 Å². The van der Waals surface area contributed by atoms with E-state index in [1.54, 1.807) is 6.92 Å². The number of terminal acetylenes is 1. The van der Waals surface area contributed by atoms with Crippen molar-refractivity contribution in [2.75, 3.05) is 0 Å². The molecule has 0 rings (SSSR count). The maximum atomic E-state index is 10.2. The topological polar surface area (TPSA) is 37.3 Å². The Kier molecular flexibility index (Phi) is 3.84. The summed E-state index contributed by atoms with van der Waals surface area (Å²) in [5, 5.41) is 8.36. The Bertz CT molecular complexity index is 212. The van der Waals surface area contributed by atoms with Gasteiger partial charge in [0.2, 0.25) is 0 Å². The molecule has 0 aromatic heterocycles. The van der Waals surface area contributed by atoms with Gasteiger partial charge in [0.05, 0.1) is 5.92 Å². The fraction of sp³-hybridized carbons (Fsp3) is 0.375. The fourth-order valence-corrected chi connectivity index (χ4v) is 0.342. The summed E-state index contributed by atoms with van der Waals surface area (Å²) in [5.74, 6) is 5.73. The van der Waals surface area contributed by atoms with Gasteiger partial charge >= 0.3 is 5.97 Å². The summed E-state index contributed by atoms with van der Waals surface area (Å²) in [6.07, 6.45) is 5.14. The highest BCUT2D eigenvalue weighted by molar-refractivity contribution is 5.69. The molecule has 0 radical (unpaired) electrons. The van der Waals surface area contributed by atoms with Gasteiger partial charge in [-0.3, -0.25) is 4.79 Å². The minimum Gasteiger partial charge on any atom is -0.481 e. The summed E-state index contributed by atoms with van der Waals surface area (Å²) >= 11 is 0. The Morgan fingerprint density at radius 2 is 2.40 bits per heavy atom. The molecular weight excluding hydrogens is 128 g/mol. The zero-order valence-electron chi connectivity index (χ0n) is 5.72. The molecule has 10 heavy (non-hydrogen) atoms. The average molecular weight is 136 g/mol. The first kappa shape index (κ1) is 8.59. The van der Waals surface area contributed by atoms with E-state index in [1.807, 2.05) is 0 Å². The van der Waals surface area contributed by atoms with E-state index in [4.69, 9.17) is 11.5 Å². The van der Waals surface area contributed by atoms with Crippen molar-refractivity contribution in [3.8, 4) is 24.2 Å². The second-order valence-corrected chi connectivity index (χ2v) is 1.89. The molecule has 2 heteroatoms. The molecule has 0 aliphatic carbocycles. The molecule has 0 unspecified atom stereocenters. The molecule has 0 aliphatic heterocycles. The van der Waals surface area contributed by atoms with Crippen LogP contribution in [0.3, 0.4) is 0 Å². The molecule has 1 atom stereocenters. The molecule has 0 spiro atoms. The first-order valence-corrected chi connectivity index (χ1v) is 2.84. The minimum absolute atomic E-state index is 0.319. The van der Waals surface area contributed by atoms with Crippen LogP contribution in [-0.2, 0) is 4.79 Å². The van der Waals surface area contributed by atoms with Gasteiger partial charge in [-0.1, -0.05) is 12.8 Å². The van der Waals surface area contributed by atoms with Crippen LogP contribution >= 0.6 is 0 Å². The lowest BCUT2D eigenvalue weighted by Crippen LogP contribution is -2.07. The lowest BCUT2D eigenvalue weighted by Gasteiger charge is -1.96. The quantitative estimate of drug-likeness (QED) is 0.568. The van der Waals surface area contributed by atoms with E-state index >= 15 is 0 Å². The maximum Gasteiger partial charge on any atom is 0.307 e. The highest BCUT2D eigenvalue weighted by Gasteiger charge is 2.07. The number of carboxylic acid groups (broad SMARTS) is 1. The van der Waals surface area contributed by atoms with Crippen molar-refractivity contribution in [3.05, 3.63) is 0 Å². The number of carbonyl (C=O) groups is 1. The fourth-order valence-electron chi connectivity index (χ4n) is 0.342. The molecule has 52 valence electrons. The van der Waals surface area contributed by atoms with E-state index in [0.29, 0.717) is 6.42 Å². The highest BCUT2D eigenvalue weighted by atomic mass is 16.4. The molecule has 0 aromatic rings. The first-order valence-electron chi connectivity index (χ1n) is 2.84. The third-order valence-corrected chi connectivity index (χ3v) is 0.990. The van der Waals surface area contributed by atoms with Gasteiger partial charge in [0, 0.05) is 6.42 Å². The molecule has 0 fully saturated rings. The van der Waals surface area contributed by atoms with Gasteiger partial charge in [-0.05, 0) is 11.8 Å². The van der Waals surface area contributed by atoms with Crippen LogP contribution in [0.15, 0.2) is 0 Å². The Morgan fingerprint density at radius 3 is 2.80 bits per heavy atom. The Morgan fingerprint density at radius 1 is 1.80 bits per heavy atom. The van der Waals surface area contributed by atoms with Crippen LogP contribution in [0.2, 0.25) is 0 Å². The van der Waals surface area contributed by atoms with Crippen LogP contribution in [0, 0.1) is 30.1 Å². The average Bonchev–Trinajstić information content (AvgIpc) is 1.88. The maximum absolute atomic E-state index is 10.2. The van der Waals surface area contributed by atoms with Gasteiger partial charge in [0.1, 0.15) is 0 Å². The summed E-state index contributed by atoms with van der Waals surface area (Å²) in [6.45, 7) is 1.59. The zero-order valence-corrected chi connectivity index (χ0v) is 5.72. The normalized spacial score (nSPS) is 10.4. The molecule has 0 heterocycles. The van der Waals surface area contributed by atoms with Gasteiger partial charge in [0.25, 0.3) is 0 Å². The number of rotatable bonds is 2. The van der Waals surface area contributed by atoms with Crippen molar-refractivity contribution in [3.63, 3.8) is 0 Å². The van der Waals surface area contributed by atoms with Crippen LogP contribution in [0.1, 0.15) is 13.3 Å². The molecule has 0 saturated heterocycles. The molecule has 2 nitrogen and oxygen atoms in total. The van der Waals surface area contributed by atoms with Crippen molar-refractivity contribution in [1.82, 2.24) is 0 Å². The first-order chi connectivity index (χ1) is 4.68. The molecule has 0 bridgehead atoms. The molecule has 1 N–H and O–H groups in total. The van der Waals surface area contributed by atoms with Crippen molar-refractivity contribution in [2.45, 2.75) is 13.3 Å².